The van der Waals surface area contributed by atoms with E-state index in [4.69, 9.17) is 0 Å². The van der Waals surface area contributed by atoms with Crippen LogP contribution in [0.4, 0.5) is 16.5 Å². The molecule has 8 nitrogen and oxygen atoms in total. The van der Waals surface area contributed by atoms with Gasteiger partial charge >= 0.3 is 0 Å². The molecule has 0 aliphatic rings. The smallest absolute Gasteiger partial charge is 0.269 e. The summed E-state index contributed by atoms with van der Waals surface area (Å²) in [4.78, 5) is 38.5. The molecule has 0 fully saturated rings. The Balaban J connectivity index is 1.65. The summed E-state index contributed by atoms with van der Waals surface area (Å²) < 4.78 is 0. The first kappa shape index (κ1) is 20.2. The van der Waals surface area contributed by atoms with Crippen LogP contribution in [0.3, 0.4) is 0 Å². The fraction of sp³-hybridized carbons (Fsp3) is 0.150. The van der Waals surface area contributed by atoms with Crippen molar-refractivity contribution in [3.8, 4) is 11.3 Å². The van der Waals surface area contributed by atoms with E-state index >= 15 is 0 Å². The number of nitrogens with zero attached hydrogens (tertiary/aromatic N) is 2. The van der Waals surface area contributed by atoms with Gasteiger partial charge in [0.25, 0.3) is 11.6 Å². The predicted molar refractivity (Wildman–Crippen MR) is 112 cm³/mol. The standard InChI is InChI=1S/C20H18N4O4S/c1-2-3-18(25)21-15-8-4-13(5-9-15)17-12-29-20(22-17)23-19(26)14-6-10-16(11-7-14)24(27)28/h4-12H,2-3H2,1H3,(H,21,25)(H,22,23,26). The number of hydrogen-bond acceptors (Lipinski definition) is 6. The Morgan fingerprint density at radius 2 is 1.76 bits per heavy atom. The van der Waals surface area contributed by atoms with E-state index in [1.165, 1.54) is 35.6 Å². The van der Waals surface area contributed by atoms with Gasteiger partial charge in [0.1, 0.15) is 0 Å². The van der Waals surface area contributed by atoms with E-state index in [2.05, 4.69) is 15.6 Å². The average molecular weight is 410 g/mol. The molecule has 3 rings (SSSR count). The second kappa shape index (κ2) is 9.07. The van der Waals surface area contributed by atoms with Crippen molar-refractivity contribution in [2.75, 3.05) is 10.6 Å². The number of nitrogens with one attached hydrogen (secondary N) is 2. The van der Waals surface area contributed by atoms with Crippen molar-refractivity contribution >= 4 is 39.7 Å². The monoisotopic (exact) mass is 410 g/mol. The van der Waals surface area contributed by atoms with Crippen LogP contribution in [0.25, 0.3) is 11.3 Å². The molecule has 3 aromatic rings. The number of nitro benzene ring substituents is 1. The van der Waals surface area contributed by atoms with Gasteiger partial charge in [-0.3, -0.25) is 25.0 Å². The van der Waals surface area contributed by atoms with Gasteiger partial charge < -0.3 is 5.32 Å². The van der Waals surface area contributed by atoms with Crippen LogP contribution in [0.5, 0.6) is 0 Å². The lowest BCUT2D eigenvalue weighted by Gasteiger charge is -2.05. The predicted octanol–water partition coefficient (Wildman–Crippen LogP) is 4.71. The molecule has 9 heteroatoms. The van der Waals surface area contributed by atoms with E-state index in [9.17, 15) is 19.7 Å². The third-order valence-corrected chi connectivity index (χ3v) is 4.76. The van der Waals surface area contributed by atoms with E-state index in [1.54, 1.807) is 12.1 Å². The van der Waals surface area contributed by atoms with Gasteiger partial charge in [-0.05, 0) is 30.7 Å². The van der Waals surface area contributed by atoms with Crippen molar-refractivity contribution < 1.29 is 14.5 Å². The molecule has 0 spiro atoms. The Hall–Kier alpha value is -3.59. The SMILES string of the molecule is CCCC(=O)Nc1ccc(-c2csc(NC(=O)c3ccc([N+](=O)[O-])cc3)n2)cc1. The molecule has 0 bridgehead atoms. The molecule has 2 aromatic carbocycles. The maximum absolute atomic E-state index is 12.3. The van der Waals surface area contributed by atoms with Gasteiger partial charge in [0.2, 0.25) is 5.91 Å². The van der Waals surface area contributed by atoms with E-state index in [1.807, 2.05) is 24.4 Å². The quantitative estimate of drug-likeness (QED) is 0.432. The minimum absolute atomic E-state index is 0.0230. The first-order valence-electron chi connectivity index (χ1n) is 8.88. The third-order valence-electron chi connectivity index (χ3n) is 4.01. The number of anilines is 2. The zero-order chi connectivity index (χ0) is 20.8. The zero-order valence-electron chi connectivity index (χ0n) is 15.5. The van der Waals surface area contributed by atoms with E-state index in [-0.39, 0.29) is 11.6 Å². The summed E-state index contributed by atoms with van der Waals surface area (Å²) in [7, 11) is 0. The number of thiazole rings is 1. The summed E-state index contributed by atoms with van der Waals surface area (Å²) in [6.45, 7) is 1.95. The number of amides is 2. The van der Waals surface area contributed by atoms with Gasteiger partial charge in [0.15, 0.2) is 5.13 Å². The molecule has 0 saturated heterocycles. The lowest BCUT2D eigenvalue weighted by molar-refractivity contribution is -0.384. The average Bonchev–Trinajstić information content (AvgIpc) is 3.17. The second-order valence-corrected chi connectivity index (χ2v) is 7.03. The Kier molecular flexibility index (Phi) is 6.30. The molecule has 2 amide bonds. The molecule has 0 aliphatic carbocycles. The Morgan fingerprint density at radius 3 is 2.38 bits per heavy atom. The molecule has 148 valence electrons. The Labute approximate surface area is 170 Å². The first-order valence-corrected chi connectivity index (χ1v) is 9.76. The third kappa shape index (κ3) is 5.23. The molecule has 0 radical (unpaired) electrons. The van der Waals surface area contributed by atoms with Crippen molar-refractivity contribution in [3.05, 3.63) is 69.6 Å². The van der Waals surface area contributed by atoms with Gasteiger partial charge in [0, 0.05) is 40.7 Å². The van der Waals surface area contributed by atoms with Crippen LogP contribution in [0.2, 0.25) is 0 Å². The molecule has 2 N–H and O–H groups in total. The molecule has 1 heterocycles. The van der Waals surface area contributed by atoms with E-state index in [0.29, 0.717) is 28.5 Å². The van der Waals surface area contributed by atoms with Crippen molar-refractivity contribution in [2.24, 2.45) is 0 Å². The van der Waals surface area contributed by atoms with E-state index < -0.39 is 10.8 Å². The van der Waals surface area contributed by atoms with E-state index in [0.717, 1.165) is 12.0 Å². The van der Waals surface area contributed by atoms with Crippen LogP contribution >= 0.6 is 11.3 Å². The van der Waals surface area contributed by atoms with Crippen molar-refractivity contribution in [2.45, 2.75) is 19.8 Å². The highest BCUT2D eigenvalue weighted by atomic mass is 32.1. The number of carbonyl (C=O) groups is 2. The number of hydrogen-bond donors (Lipinski definition) is 2. The first-order chi connectivity index (χ1) is 14.0. The summed E-state index contributed by atoms with van der Waals surface area (Å²) in [6.07, 6.45) is 1.27. The molecule has 0 aliphatic heterocycles. The highest BCUT2D eigenvalue weighted by Gasteiger charge is 2.12. The van der Waals surface area contributed by atoms with Crippen molar-refractivity contribution in [1.82, 2.24) is 4.98 Å². The van der Waals surface area contributed by atoms with Crippen LogP contribution in [0.15, 0.2) is 53.9 Å². The fourth-order valence-corrected chi connectivity index (χ4v) is 3.26. The van der Waals surface area contributed by atoms with Crippen LogP contribution in [0.1, 0.15) is 30.1 Å². The van der Waals surface area contributed by atoms with Gasteiger partial charge in [-0.2, -0.15) is 0 Å². The maximum Gasteiger partial charge on any atom is 0.269 e. The van der Waals surface area contributed by atoms with Crippen molar-refractivity contribution in [1.29, 1.82) is 0 Å². The molecule has 1 aromatic heterocycles. The summed E-state index contributed by atoms with van der Waals surface area (Å²) >= 11 is 1.28. The maximum atomic E-state index is 12.3. The zero-order valence-corrected chi connectivity index (χ0v) is 16.4. The van der Waals surface area contributed by atoms with Crippen LogP contribution in [-0.4, -0.2) is 21.7 Å². The Morgan fingerprint density at radius 1 is 1.07 bits per heavy atom. The summed E-state index contributed by atoms with van der Waals surface area (Å²) in [6, 6.07) is 12.7. The highest BCUT2D eigenvalue weighted by molar-refractivity contribution is 7.14. The van der Waals surface area contributed by atoms with Gasteiger partial charge in [-0.25, -0.2) is 4.98 Å². The lowest BCUT2D eigenvalue weighted by atomic mass is 10.1. The topological polar surface area (TPSA) is 114 Å². The number of benzene rings is 2. The van der Waals surface area contributed by atoms with Crippen LogP contribution in [0, 0.1) is 10.1 Å². The lowest BCUT2D eigenvalue weighted by Crippen LogP contribution is -2.11. The minimum atomic E-state index is -0.519. The molecule has 0 atom stereocenters. The minimum Gasteiger partial charge on any atom is -0.326 e. The summed E-state index contributed by atoms with van der Waals surface area (Å²) in [5, 5.41) is 18.4. The molecule has 0 saturated carbocycles. The summed E-state index contributed by atoms with van der Waals surface area (Å²) in [5.41, 5.74) is 2.49. The van der Waals surface area contributed by atoms with Gasteiger partial charge in [-0.1, -0.05) is 19.1 Å². The van der Waals surface area contributed by atoms with Crippen LogP contribution in [-0.2, 0) is 4.79 Å². The van der Waals surface area contributed by atoms with Crippen molar-refractivity contribution in [3.63, 3.8) is 0 Å². The molecule has 29 heavy (non-hydrogen) atoms. The van der Waals surface area contributed by atoms with Gasteiger partial charge in [0.05, 0.1) is 10.6 Å². The molecular formula is C20H18N4O4S. The fourth-order valence-electron chi connectivity index (χ4n) is 2.54. The number of rotatable bonds is 7. The normalized spacial score (nSPS) is 10.4. The molecular weight excluding hydrogens is 392 g/mol. The largest absolute Gasteiger partial charge is 0.326 e. The van der Waals surface area contributed by atoms with Crippen LogP contribution < -0.4 is 10.6 Å². The molecule has 0 unspecified atom stereocenters. The highest BCUT2D eigenvalue weighted by Crippen LogP contribution is 2.26. The Bertz CT molecular complexity index is 1030. The number of non-ortho nitro benzene ring substituents is 1. The number of nitro groups is 1. The summed E-state index contributed by atoms with van der Waals surface area (Å²) in [5.74, 6) is -0.417. The second-order valence-electron chi connectivity index (χ2n) is 6.17. The van der Waals surface area contributed by atoms with Gasteiger partial charge in [-0.15, -0.1) is 11.3 Å². The number of carbonyl (C=O) groups excluding carboxylic acids is 2. The number of aromatic nitrogens is 1.